The maximum atomic E-state index is 5.95. The molecule has 1 aromatic carbocycles. The third kappa shape index (κ3) is 3.06. The zero-order valence-corrected chi connectivity index (χ0v) is 11.3. The van der Waals surface area contributed by atoms with E-state index in [-0.39, 0.29) is 0 Å². The lowest BCUT2D eigenvalue weighted by molar-refractivity contribution is 0.187. The number of hydrogen-bond acceptors (Lipinski definition) is 3. The van der Waals surface area contributed by atoms with E-state index in [4.69, 9.17) is 4.42 Å². The second-order valence-corrected chi connectivity index (χ2v) is 5.22. The van der Waals surface area contributed by atoms with E-state index in [1.807, 2.05) is 18.2 Å². The summed E-state index contributed by atoms with van der Waals surface area (Å²) in [5.41, 5.74) is 1.14. The van der Waals surface area contributed by atoms with Crippen molar-refractivity contribution in [3.8, 4) is 11.3 Å². The van der Waals surface area contributed by atoms with Crippen LogP contribution in [-0.4, -0.2) is 30.6 Å². The first-order valence-electron chi connectivity index (χ1n) is 6.91. The summed E-state index contributed by atoms with van der Waals surface area (Å²) in [6, 6.07) is 15.0. The van der Waals surface area contributed by atoms with Crippen LogP contribution in [0.5, 0.6) is 0 Å². The Balaban J connectivity index is 1.68. The van der Waals surface area contributed by atoms with Crippen molar-refractivity contribution in [2.45, 2.75) is 19.5 Å². The number of piperazine rings is 1. The van der Waals surface area contributed by atoms with Gasteiger partial charge in [-0.05, 0) is 19.1 Å². The molecule has 0 aliphatic carbocycles. The molecule has 1 atom stereocenters. The van der Waals surface area contributed by atoms with Crippen molar-refractivity contribution >= 4 is 0 Å². The number of furan rings is 1. The van der Waals surface area contributed by atoms with Crippen molar-refractivity contribution in [1.82, 2.24) is 10.2 Å². The van der Waals surface area contributed by atoms with Crippen LogP contribution in [0.4, 0.5) is 0 Å². The van der Waals surface area contributed by atoms with E-state index < -0.39 is 0 Å². The quantitative estimate of drug-likeness (QED) is 0.915. The van der Waals surface area contributed by atoms with Gasteiger partial charge in [0.2, 0.25) is 0 Å². The first-order valence-corrected chi connectivity index (χ1v) is 6.91. The summed E-state index contributed by atoms with van der Waals surface area (Å²) in [6.45, 7) is 6.36. The van der Waals surface area contributed by atoms with E-state index in [1.165, 1.54) is 0 Å². The number of nitrogens with one attached hydrogen (secondary N) is 1. The molecule has 0 bridgehead atoms. The van der Waals surface area contributed by atoms with Crippen LogP contribution in [0.15, 0.2) is 46.9 Å². The highest BCUT2D eigenvalue weighted by Crippen LogP contribution is 2.22. The van der Waals surface area contributed by atoms with Crippen LogP contribution in [0.25, 0.3) is 11.3 Å². The van der Waals surface area contributed by atoms with Gasteiger partial charge in [0.1, 0.15) is 11.5 Å². The average Bonchev–Trinajstić information content (AvgIpc) is 2.88. The highest BCUT2D eigenvalue weighted by atomic mass is 16.3. The third-order valence-electron chi connectivity index (χ3n) is 3.55. The lowest BCUT2D eigenvalue weighted by Crippen LogP contribution is -2.48. The smallest absolute Gasteiger partial charge is 0.134 e. The fraction of sp³-hybridized carbons (Fsp3) is 0.375. The molecule has 1 aliphatic rings. The highest BCUT2D eigenvalue weighted by Gasteiger charge is 2.16. The Hall–Kier alpha value is -1.58. The summed E-state index contributed by atoms with van der Waals surface area (Å²) >= 11 is 0. The van der Waals surface area contributed by atoms with Crippen molar-refractivity contribution in [2.75, 3.05) is 19.6 Å². The number of nitrogens with zero attached hydrogens (tertiary/aromatic N) is 1. The molecule has 1 N–H and O–H groups in total. The van der Waals surface area contributed by atoms with Gasteiger partial charge in [-0.25, -0.2) is 0 Å². The van der Waals surface area contributed by atoms with Gasteiger partial charge in [-0.3, -0.25) is 4.90 Å². The second kappa shape index (κ2) is 5.59. The van der Waals surface area contributed by atoms with Crippen LogP contribution >= 0.6 is 0 Å². The fourth-order valence-electron chi connectivity index (χ4n) is 2.60. The predicted octanol–water partition coefficient (Wildman–Crippen LogP) is 2.74. The molecule has 1 saturated heterocycles. The first kappa shape index (κ1) is 12.5. The van der Waals surface area contributed by atoms with E-state index in [0.717, 1.165) is 43.3 Å². The molecule has 0 saturated carbocycles. The van der Waals surface area contributed by atoms with Crippen LogP contribution < -0.4 is 5.32 Å². The molecule has 3 nitrogen and oxygen atoms in total. The first-order chi connectivity index (χ1) is 9.31. The molecule has 1 aromatic heterocycles. The fourth-order valence-corrected chi connectivity index (χ4v) is 2.60. The highest BCUT2D eigenvalue weighted by molar-refractivity contribution is 5.57. The number of hydrogen-bond donors (Lipinski definition) is 1. The van der Waals surface area contributed by atoms with Crippen molar-refractivity contribution < 1.29 is 4.42 Å². The van der Waals surface area contributed by atoms with Gasteiger partial charge in [0.05, 0.1) is 6.54 Å². The van der Waals surface area contributed by atoms with Gasteiger partial charge in [-0.15, -0.1) is 0 Å². The SMILES string of the molecule is C[C@H]1CN(Cc2ccc(-c3ccccc3)o2)CCN1. The summed E-state index contributed by atoms with van der Waals surface area (Å²) in [4.78, 5) is 2.44. The Morgan fingerprint density at radius 2 is 2.05 bits per heavy atom. The Morgan fingerprint density at radius 3 is 2.84 bits per heavy atom. The molecule has 0 unspecified atom stereocenters. The number of rotatable bonds is 3. The zero-order chi connectivity index (χ0) is 13.1. The molecule has 0 radical (unpaired) electrons. The van der Waals surface area contributed by atoms with Crippen molar-refractivity contribution in [2.24, 2.45) is 0 Å². The van der Waals surface area contributed by atoms with E-state index in [2.05, 4.69) is 41.4 Å². The van der Waals surface area contributed by atoms with Gasteiger partial charge in [0, 0.05) is 31.2 Å². The van der Waals surface area contributed by atoms with Crippen molar-refractivity contribution in [3.05, 3.63) is 48.2 Å². The molecular weight excluding hydrogens is 236 g/mol. The predicted molar refractivity (Wildman–Crippen MR) is 76.9 cm³/mol. The molecule has 1 fully saturated rings. The molecule has 2 heterocycles. The van der Waals surface area contributed by atoms with Crippen LogP contribution in [0, 0.1) is 0 Å². The van der Waals surface area contributed by atoms with Crippen molar-refractivity contribution in [1.29, 1.82) is 0 Å². The lowest BCUT2D eigenvalue weighted by atomic mass is 10.2. The molecule has 19 heavy (non-hydrogen) atoms. The average molecular weight is 256 g/mol. The standard InChI is InChI=1S/C16H20N2O/c1-13-11-18(10-9-17-13)12-15-7-8-16(19-15)14-5-3-2-4-6-14/h2-8,13,17H,9-12H2,1H3/t13-/m0/s1. The van der Waals surface area contributed by atoms with Gasteiger partial charge >= 0.3 is 0 Å². The minimum atomic E-state index is 0.567. The van der Waals surface area contributed by atoms with Gasteiger partial charge in [0.15, 0.2) is 0 Å². The van der Waals surface area contributed by atoms with Gasteiger partial charge in [-0.1, -0.05) is 30.3 Å². The molecule has 3 rings (SSSR count). The minimum absolute atomic E-state index is 0.567. The normalized spacial score (nSPS) is 20.6. The third-order valence-corrected chi connectivity index (χ3v) is 3.55. The lowest BCUT2D eigenvalue weighted by Gasteiger charge is -2.31. The van der Waals surface area contributed by atoms with Crippen LogP contribution in [0.2, 0.25) is 0 Å². The Labute approximate surface area is 114 Å². The maximum Gasteiger partial charge on any atom is 0.134 e. The van der Waals surface area contributed by atoms with E-state index in [0.29, 0.717) is 6.04 Å². The Kier molecular flexibility index (Phi) is 3.67. The summed E-state index contributed by atoms with van der Waals surface area (Å²) in [5, 5.41) is 3.46. The molecule has 0 amide bonds. The minimum Gasteiger partial charge on any atom is -0.460 e. The second-order valence-electron chi connectivity index (χ2n) is 5.22. The summed E-state index contributed by atoms with van der Waals surface area (Å²) in [7, 11) is 0. The Morgan fingerprint density at radius 1 is 1.21 bits per heavy atom. The van der Waals surface area contributed by atoms with Gasteiger partial charge < -0.3 is 9.73 Å². The summed E-state index contributed by atoms with van der Waals surface area (Å²) in [5.74, 6) is 2.01. The van der Waals surface area contributed by atoms with Crippen LogP contribution in [0.1, 0.15) is 12.7 Å². The molecule has 3 heteroatoms. The summed E-state index contributed by atoms with van der Waals surface area (Å²) < 4.78 is 5.95. The van der Waals surface area contributed by atoms with Crippen LogP contribution in [0.3, 0.4) is 0 Å². The molecular formula is C16H20N2O. The number of benzene rings is 1. The largest absolute Gasteiger partial charge is 0.460 e. The molecule has 2 aromatic rings. The topological polar surface area (TPSA) is 28.4 Å². The monoisotopic (exact) mass is 256 g/mol. The molecule has 0 spiro atoms. The molecule has 100 valence electrons. The zero-order valence-electron chi connectivity index (χ0n) is 11.3. The molecule has 1 aliphatic heterocycles. The van der Waals surface area contributed by atoms with E-state index >= 15 is 0 Å². The summed E-state index contributed by atoms with van der Waals surface area (Å²) in [6.07, 6.45) is 0. The van der Waals surface area contributed by atoms with E-state index in [9.17, 15) is 0 Å². The van der Waals surface area contributed by atoms with Gasteiger partial charge in [-0.2, -0.15) is 0 Å². The van der Waals surface area contributed by atoms with E-state index in [1.54, 1.807) is 0 Å². The van der Waals surface area contributed by atoms with Crippen LogP contribution in [-0.2, 0) is 6.54 Å². The van der Waals surface area contributed by atoms with Gasteiger partial charge in [0.25, 0.3) is 0 Å². The maximum absolute atomic E-state index is 5.95. The Bertz CT molecular complexity index is 521. The van der Waals surface area contributed by atoms with Crippen molar-refractivity contribution in [3.63, 3.8) is 0 Å².